The van der Waals surface area contributed by atoms with Crippen molar-refractivity contribution in [3.05, 3.63) is 65.6 Å². The number of piperidine rings is 1. The lowest BCUT2D eigenvalue weighted by atomic mass is 9.73. The highest BCUT2D eigenvalue weighted by atomic mass is 19.1. The number of rotatable bonds is 9. The minimum absolute atomic E-state index is 0.00672. The van der Waals surface area contributed by atoms with Crippen LogP contribution in [-0.4, -0.2) is 59.4 Å². The standard InChI is InChI=1S/C30H35FN2O5/c1-37-21-7-8-26-24(16-21)23(10-12-32-26)27(34)9-6-18-11-13-33(17-25(18)30(35)36)20-14-19(15-20)22-4-3-5-28(38-2)29(22)31/h3-5,7-8,10,12,16,18-20,25,27,34H,6,9,11,13-15,17H2,1-2H3,(H,35,36)/t18-,19?,20?,25+,27+/m1/s1. The van der Waals surface area contributed by atoms with E-state index in [2.05, 4.69) is 9.88 Å². The van der Waals surface area contributed by atoms with E-state index in [4.69, 9.17) is 9.47 Å². The van der Waals surface area contributed by atoms with Crippen molar-refractivity contribution >= 4 is 16.9 Å². The zero-order valence-corrected chi connectivity index (χ0v) is 21.8. The molecule has 7 nitrogen and oxygen atoms in total. The second-order valence-electron chi connectivity index (χ2n) is 10.6. The molecule has 0 bridgehead atoms. The molecule has 0 radical (unpaired) electrons. The maximum absolute atomic E-state index is 14.7. The molecule has 38 heavy (non-hydrogen) atoms. The molecule has 2 fully saturated rings. The predicted molar refractivity (Wildman–Crippen MR) is 142 cm³/mol. The summed E-state index contributed by atoms with van der Waals surface area (Å²) in [5, 5.41) is 21.9. The Morgan fingerprint density at radius 3 is 2.74 bits per heavy atom. The number of benzene rings is 2. The summed E-state index contributed by atoms with van der Waals surface area (Å²) in [6.45, 7) is 1.31. The number of aliphatic hydroxyl groups is 1. The Balaban J connectivity index is 1.20. The second-order valence-corrected chi connectivity index (χ2v) is 10.6. The highest BCUT2D eigenvalue weighted by molar-refractivity contribution is 5.83. The second kappa shape index (κ2) is 11.3. The van der Waals surface area contributed by atoms with E-state index in [1.54, 1.807) is 19.4 Å². The number of aliphatic carboxylic acids is 1. The Kier molecular flexibility index (Phi) is 7.81. The van der Waals surface area contributed by atoms with Crippen molar-refractivity contribution < 1.29 is 28.9 Å². The maximum Gasteiger partial charge on any atom is 0.308 e. The molecule has 0 unspecified atom stereocenters. The third kappa shape index (κ3) is 5.20. The number of fused-ring (bicyclic) bond motifs is 1. The Morgan fingerprint density at radius 1 is 1.18 bits per heavy atom. The molecular formula is C30H35FN2O5. The first-order valence-electron chi connectivity index (χ1n) is 13.3. The highest BCUT2D eigenvalue weighted by Gasteiger charge is 2.42. The number of hydrogen-bond donors (Lipinski definition) is 2. The summed E-state index contributed by atoms with van der Waals surface area (Å²) in [4.78, 5) is 18.9. The molecule has 1 aliphatic carbocycles. The zero-order valence-electron chi connectivity index (χ0n) is 21.8. The van der Waals surface area contributed by atoms with E-state index in [1.165, 1.54) is 7.11 Å². The van der Waals surface area contributed by atoms with Gasteiger partial charge in [-0.2, -0.15) is 0 Å². The van der Waals surface area contributed by atoms with Gasteiger partial charge in [0.25, 0.3) is 0 Å². The number of carbonyl (C=O) groups is 1. The molecule has 1 saturated heterocycles. The number of ether oxygens (including phenoxy) is 2. The van der Waals surface area contributed by atoms with Gasteiger partial charge in [0.2, 0.25) is 0 Å². The number of halogens is 1. The fraction of sp³-hybridized carbons (Fsp3) is 0.467. The Bertz CT molecular complexity index is 1290. The van der Waals surface area contributed by atoms with Gasteiger partial charge in [-0.1, -0.05) is 12.1 Å². The molecule has 3 atom stereocenters. The van der Waals surface area contributed by atoms with Crippen LogP contribution in [0.15, 0.2) is 48.7 Å². The normalized spacial score (nSPS) is 24.5. The minimum atomic E-state index is -0.789. The van der Waals surface area contributed by atoms with Crippen LogP contribution < -0.4 is 9.47 Å². The number of pyridine rings is 1. The van der Waals surface area contributed by atoms with E-state index in [9.17, 15) is 19.4 Å². The number of carboxylic acid groups (broad SMARTS) is 1. The highest BCUT2D eigenvalue weighted by Crippen LogP contribution is 2.44. The molecule has 0 amide bonds. The van der Waals surface area contributed by atoms with Crippen LogP contribution in [0.3, 0.4) is 0 Å². The quantitative estimate of drug-likeness (QED) is 0.400. The summed E-state index contributed by atoms with van der Waals surface area (Å²) in [6, 6.07) is 12.9. The lowest BCUT2D eigenvalue weighted by molar-refractivity contribution is -0.147. The molecule has 8 heteroatoms. The van der Waals surface area contributed by atoms with Crippen LogP contribution in [0, 0.1) is 17.7 Å². The summed E-state index contributed by atoms with van der Waals surface area (Å²) in [7, 11) is 3.07. The lowest BCUT2D eigenvalue weighted by Gasteiger charge is -2.47. The van der Waals surface area contributed by atoms with E-state index >= 15 is 0 Å². The van der Waals surface area contributed by atoms with E-state index in [-0.39, 0.29) is 29.4 Å². The molecule has 0 spiro atoms. The van der Waals surface area contributed by atoms with E-state index < -0.39 is 18.0 Å². The first-order valence-corrected chi connectivity index (χ1v) is 13.3. The average Bonchev–Trinajstić information content (AvgIpc) is 2.91. The Labute approximate surface area is 222 Å². The summed E-state index contributed by atoms with van der Waals surface area (Å²) in [6.07, 6.45) is 4.48. The van der Waals surface area contributed by atoms with Crippen LogP contribution in [-0.2, 0) is 4.79 Å². The van der Waals surface area contributed by atoms with Crippen molar-refractivity contribution in [1.29, 1.82) is 0 Å². The molecular weight excluding hydrogens is 487 g/mol. The molecule has 202 valence electrons. The number of carboxylic acids is 1. The number of likely N-dealkylation sites (tertiary alicyclic amines) is 1. The molecule has 5 rings (SSSR count). The fourth-order valence-corrected chi connectivity index (χ4v) is 6.21. The molecule has 2 aromatic carbocycles. The lowest BCUT2D eigenvalue weighted by Crippen LogP contribution is -2.52. The van der Waals surface area contributed by atoms with Crippen molar-refractivity contribution in [2.24, 2.45) is 11.8 Å². The van der Waals surface area contributed by atoms with E-state index in [0.29, 0.717) is 30.7 Å². The largest absolute Gasteiger partial charge is 0.497 e. The number of aromatic nitrogens is 1. The first-order chi connectivity index (χ1) is 18.4. The van der Waals surface area contributed by atoms with Crippen LogP contribution in [0.25, 0.3) is 10.9 Å². The number of aliphatic hydroxyl groups excluding tert-OH is 1. The van der Waals surface area contributed by atoms with Crippen molar-refractivity contribution in [3.63, 3.8) is 0 Å². The van der Waals surface area contributed by atoms with Crippen molar-refractivity contribution in [1.82, 2.24) is 9.88 Å². The van der Waals surface area contributed by atoms with Gasteiger partial charge in [0.05, 0.1) is 31.8 Å². The SMILES string of the molecule is COc1ccc2nccc([C@@H](O)CC[C@@H]3CCN(C4CC(c5cccc(OC)c5F)C4)C[C@@H]3C(=O)O)c2c1. The molecule has 1 aliphatic heterocycles. The van der Waals surface area contributed by atoms with Crippen LogP contribution in [0.2, 0.25) is 0 Å². The molecule has 2 N–H and O–H groups in total. The third-order valence-electron chi connectivity index (χ3n) is 8.54. The summed E-state index contributed by atoms with van der Waals surface area (Å²) in [5.41, 5.74) is 2.25. The van der Waals surface area contributed by atoms with Crippen molar-refractivity contribution in [3.8, 4) is 11.5 Å². The number of nitrogens with zero attached hydrogens (tertiary/aromatic N) is 2. The molecule has 1 saturated carbocycles. The van der Waals surface area contributed by atoms with Crippen molar-refractivity contribution in [2.75, 3.05) is 27.3 Å². The monoisotopic (exact) mass is 522 g/mol. The molecule has 3 aromatic rings. The van der Waals surface area contributed by atoms with Gasteiger partial charge in [-0.05, 0) is 91.9 Å². The topological polar surface area (TPSA) is 92.1 Å². The van der Waals surface area contributed by atoms with Gasteiger partial charge in [-0.15, -0.1) is 0 Å². The van der Waals surface area contributed by atoms with Crippen LogP contribution in [0.1, 0.15) is 55.3 Å². The maximum atomic E-state index is 14.7. The first kappa shape index (κ1) is 26.4. The molecule has 2 heterocycles. The van der Waals surface area contributed by atoms with Crippen LogP contribution in [0.5, 0.6) is 11.5 Å². The summed E-state index contributed by atoms with van der Waals surface area (Å²) < 4.78 is 25.1. The molecule has 1 aromatic heterocycles. The van der Waals surface area contributed by atoms with Gasteiger partial charge in [0.15, 0.2) is 11.6 Å². The zero-order chi connectivity index (χ0) is 26.8. The fourth-order valence-electron chi connectivity index (χ4n) is 6.21. The van der Waals surface area contributed by atoms with Gasteiger partial charge in [-0.25, -0.2) is 4.39 Å². The summed E-state index contributed by atoms with van der Waals surface area (Å²) in [5.74, 6) is -0.489. The van der Waals surface area contributed by atoms with Crippen LogP contribution >= 0.6 is 0 Å². The van der Waals surface area contributed by atoms with E-state index in [0.717, 1.165) is 42.3 Å². The minimum Gasteiger partial charge on any atom is -0.497 e. The van der Waals surface area contributed by atoms with Gasteiger partial charge >= 0.3 is 5.97 Å². The Hall–Kier alpha value is -3.23. The van der Waals surface area contributed by atoms with Gasteiger partial charge in [-0.3, -0.25) is 14.7 Å². The van der Waals surface area contributed by atoms with Crippen LogP contribution in [0.4, 0.5) is 4.39 Å². The predicted octanol–water partition coefficient (Wildman–Crippen LogP) is 5.17. The third-order valence-corrected chi connectivity index (χ3v) is 8.54. The smallest absolute Gasteiger partial charge is 0.308 e. The van der Waals surface area contributed by atoms with Gasteiger partial charge in [0.1, 0.15) is 5.75 Å². The van der Waals surface area contributed by atoms with Gasteiger partial charge < -0.3 is 19.7 Å². The van der Waals surface area contributed by atoms with Crippen molar-refractivity contribution in [2.45, 2.75) is 50.2 Å². The molecule has 2 aliphatic rings. The average molecular weight is 523 g/mol. The van der Waals surface area contributed by atoms with E-state index in [1.807, 2.05) is 36.4 Å². The number of hydrogen-bond acceptors (Lipinski definition) is 6. The number of methoxy groups -OCH3 is 2. The summed E-state index contributed by atoms with van der Waals surface area (Å²) >= 11 is 0. The Morgan fingerprint density at radius 2 is 2.00 bits per heavy atom. The van der Waals surface area contributed by atoms with Gasteiger partial charge in [0, 0.05) is 24.2 Å².